The number of nitrogens with zero attached hydrogens (tertiary/aromatic N) is 1. The van der Waals surface area contributed by atoms with E-state index in [1.165, 1.54) is 0 Å². The van der Waals surface area contributed by atoms with Crippen molar-refractivity contribution < 1.29 is 9.47 Å². The molecule has 0 bridgehead atoms. The minimum Gasteiger partial charge on any atom is -0.381 e. The monoisotopic (exact) mass is 265 g/mol. The average molecular weight is 265 g/mol. The molecule has 0 aliphatic carbocycles. The lowest BCUT2D eigenvalue weighted by molar-refractivity contribution is -0.100. The summed E-state index contributed by atoms with van der Waals surface area (Å²) < 4.78 is 11.1. The molecule has 3 rings (SSSR count). The predicted octanol–water partition coefficient (Wildman–Crippen LogP) is 0.0677. The van der Waals surface area contributed by atoms with Gasteiger partial charge in [-0.2, -0.15) is 0 Å². The molecule has 2 aliphatic heterocycles. The number of methoxy groups -OCH3 is 1. The van der Waals surface area contributed by atoms with Crippen LogP contribution in [0.15, 0.2) is 4.79 Å². The van der Waals surface area contributed by atoms with E-state index in [2.05, 4.69) is 15.3 Å². The zero-order valence-electron chi connectivity index (χ0n) is 11.1. The molecule has 1 saturated heterocycles. The summed E-state index contributed by atoms with van der Waals surface area (Å²) >= 11 is 0. The van der Waals surface area contributed by atoms with Gasteiger partial charge in [0.2, 0.25) is 0 Å². The van der Waals surface area contributed by atoms with E-state index in [0.717, 1.165) is 37.1 Å². The molecule has 1 fully saturated rings. The second-order valence-electron chi connectivity index (χ2n) is 5.08. The smallest absolute Gasteiger partial charge is 0.254 e. The third-order valence-corrected chi connectivity index (χ3v) is 4.07. The van der Waals surface area contributed by atoms with Crippen molar-refractivity contribution in [3.05, 3.63) is 27.4 Å². The van der Waals surface area contributed by atoms with E-state index in [1.807, 2.05) is 0 Å². The van der Waals surface area contributed by atoms with Crippen LogP contribution in [-0.2, 0) is 28.0 Å². The lowest BCUT2D eigenvalue weighted by Gasteiger charge is -2.35. The largest absolute Gasteiger partial charge is 0.381 e. The molecule has 0 atom stereocenters. The Labute approximate surface area is 111 Å². The molecule has 2 aliphatic rings. The molecule has 0 spiro atoms. The average Bonchev–Trinajstić information content (AvgIpc) is 2.48. The number of H-pyrrole nitrogens is 1. The molecule has 0 amide bonds. The molecule has 0 radical (unpaired) electrons. The summed E-state index contributed by atoms with van der Waals surface area (Å²) in [5, 5.41) is 3.25. The summed E-state index contributed by atoms with van der Waals surface area (Å²) in [7, 11) is 1.67. The normalized spacial score (nSPS) is 21.9. The summed E-state index contributed by atoms with van der Waals surface area (Å²) in [4.78, 5) is 19.7. The van der Waals surface area contributed by atoms with Gasteiger partial charge in [0.05, 0.1) is 5.69 Å². The van der Waals surface area contributed by atoms with Crippen LogP contribution in [0.1, 0.15) is 29.9 Å². The van der Waals surface area contributed by atoms with Gasteiger partial charge in [-0.25, -0.2) is 4.98 Å². The maximum atomic E-state index is 12.2. The van der Waals surface area contributed by atoms with Crippen LogP contribution in [0.2, 0.25) is 0 Å². The second kappa shape index (κ2) is 5.03. The first-order valence-corrected chi connectivity index (χ1v) is 6.71. The van der Waals surface area contributed by atoms with Crippen molar-refractivity contribution in [2.24, 2.45) is 0 Å². The first kappa shape index (κ1) is 12.8. The number of hydrogen-bond acceptors (Lipinski definition) is 5. The van der Waals surface area contributed by atoms with Crippen LogP contribution in [0, 0.1) is 0 Å². The number of aromatic amines is 1. The summed E-state index contributed by atoms with van der Waals surface area (Å²) in [6.45, 7) is 2.75. The van der Waals surface area contributed by atoms with Crippen molar-refractivity contribution in [3.8, 4) is 0 Å². The topological polar surface area (TPSA) is 76.2 Å². The fraction of sp³-hybridized carbons (Fsp3) is 0.692. The van der Waals surface area contributed by atoms with Crippen LogP contribution in [0.3, 0.4) is 0 Å². The van der Waals surface area contributed by atoms with Gasteiger partial charge in [-0.3, -0.25) is 4.79 Å². The number of fused-ring (bicyclic) bond motifs is 1. The van der Waals surface area contributed by atoms with Gasteiger partial charge in [0.25, 0.3) is 5.56 Å². The van der Waals surface area contributed by atoms with Crippen LogP contribution in [0.4, 0.5) is 0 Å². The Morgan fingerprint density at radius 2 is 2.16 bits per heavy atom. The summed E-state index contributed by atoms with van der Waals surface area (Å²) in [5.41, 5.74) is 1.13. The molecule has 0 saturated carbocycles. The first-order valence-electron chi connectivity index (χ1n) is 6.71. The third-order valence-electron chi connectivity index (χ3n) is 4.07. The fourth-order valence-corrected chi connectivity index (χ4v) is 2.82. The molecule has 2 N–H and O–H groups in total. The Bertz CT molecular complexity index is 520. The number of ether oxygens (including phenoxy) is 2. The minimum absolute atomic E-state index is 0.0237. The molecule has 19 heavy (non-hydrogen) atoms. The highest BCUT2D eigenvalue weighted by Crippen LogP contribution is 2.33. The molecular formula is C13H19N3O3. The molecular weight excluding hydrogens is 246 g/mol. The highest BCUT2D eigenvalue weighted by Gasteiger charge is 2.37. The molecule has 6 nitrogen and oxygen atoms in total. The van der Waals surface area contributed by atoms with Crippen LogP contribution in [0.5, 0.6) is 0 Å². The zero-order chi connectivity index (χ0) is 13.3. The molecule has 0 aromatic carbocycles. The van der Waals surface area contributed by atoms with E-state index >= 15 is 0 Å². The molecule has 1 aromatic rings. The Balaban J connectivity index is 2.04. The Morgan fingerprint density at radius 1 is 1.37 bits per heavy atom. The van der Waals surface area contributed by atoms with Gasteiger partial charge in [0.15, 0.2) is 0 Å². The highest BCUT2D eigenvalue weighted by molar-refractivity contribution is 5.22. The Morgan fingerprint density at radius 3 is 2.89 bits per heavy atom. The number of aromatic nitrogens is 2. The first-order chi connectivity index (χ1) is 9.25. The van der Waals surface area contributed by atoms with Gasteiger partial charge in [-0.15, -0.1) is 0 Å². The number of nitrogens with one attached hydrogen (secondary N) is 2. The van der Waals surface area contributed by atoms with Gasteiger partial charge >= 0.3 is 0 Å². The maximum absolute atomic E-state index is 12.2. The molecule has 0 unspecified atom stereocenters. The van der Waals surface area contributed by atoms with Gasteiger partial charge in [0.1, 0.15) is 11.4 Å². The van der Waals surface area contributed by atoms with E-state index in [0.29, 0.717) is 25.6 Å². The quantitative estimate of drug-likeness (QED) is 0.791. The van der Waals surface area contributed by atoms with Crippen molar-refractivity contribution in [2.75, 3.05) is 26.9 Å². The van der Waals surface area contributed by atoms with Crippen LogP contribution >= 0.6 is 0 Å². The van der Waals surface area contributed by atoms with E-state index in [1.54, 1.807) is 7.11 Å². The van der Waals surface area contributed by atoms with Crippen molar-refractivity contribution >= 4 is 0 Å². The third kappa shape index (κ3) is 2.20. The van der Waals surface area contributed by atoms with Crippen molar-refractivity contribution in [2.45, 2.75) is 31.4 Å². The van der Waals surface area contributed by atoms with Gasteiger partial charge in [-0.1, -0.05) is 0 Å². The molecule has 104 valence electrons. The van der Waals surface area contributed by atoms with Gasteiger partial charge in [0, 0.05) is 45.3 Å². The van der Waals surface area contributed by atoms with E-state index in [9.17, 15) is 4.79 Å². The molecule has 3 heterocycles. The van der Waals surface area contributed by atoms with E-state index in [-0.39, 0.29) is 5.56 Å². The maximum Gasteiger partial charge on any atom is 0.254 e. The summed E-state index contributed by atoms with van der Waals surface area (Å²) in [5.74, 6) is 0.644. The van der Waals surface area contributed by atoms with E-state index in [4.69, 9.17) is 9.47 Å². The highest BCUT2D eigenvalue weighted by atomic mass is 16.5. The summed E-state index contributed by atoms with van der Waals surface area (Å²) in [6.07, 6.45) is 2.18. The lowest BCUT2D eigenvalue weighted by atomic mass is 9.92. The predicted molar refractivity (Wildman–Crippen MR) is 69.0 cm³/mol. The molecule has 1 aromatic heterocycles. The molecule has 6 heteroatoms. The Hall–Kier alpha value is -1.24. The van der Waals surface area contributed by atoms with Crippen molar-refractivity contribution in [1.82, 2.24) is 15.3 Å². The van der Waals surface area contributed by atoms with Gasteiger partial charge < -0.3 is 19.8 Å². The fourth-order valence-electron chi connectivity index (χ4n) is 2.82. The number of rotatable bonds is 2. The van der Waals surface area contributed by atoms with Crippen LogP contribution < -0.4 is 10.9 Å². The van der Waals surface area contributed by atoms with Crippen molar-refractivity contribution in [1.29, 1.82) is 0 Å². The second-order valence-corrected chi connectivity index (χ2v) is 5.08. The Kier molecular flexibility index (Phi) is 3.38. The standard InChI is InChI=1S/C13H19N3O3/c1-18-13(3-6-19-7-4-13)12-15-10-8-14-5-2-9(10)11(17)16-12/h14H,2-8H2,1H3,(H,15,16,17). The van der Waals surface area contributed by atoms with Gasteiger partial charge in [-0.05, 0) is 13.0 Å². The van der Waals surface area contributed by atoms with Crippen LogP contribution in [-0.4, -0.2) is 36.8 Å². The zero-order valence-corrected chi connectivity index (χ0v) is 11.1. The lowest BCUT2D eigenvalue weighted by Crippen LogP contribution is -2.41. The summed E-state index contributed by atoms with van der Waals surface area (Å²) in [6, 6.07) is 0. The van der Waals surface area contributed by atoms with Crippen LogP contribution in [0.25, 0.3) is 0 Å². The minimum atomic E-state index is -0.510. The van der Waals surface area contributed by atoms with E-state index < -0.39 is 5.60 Å². The number of hydrogen-bond donors (Lipinski definition) is 2. The SMILES string of the molecule is COC1(c2nc3c(c(=O)[nH]2)CCNC3)CCOCC1. The van der Waals surface area contributed by atoms with Crippen molar-refractivity contribution in [3.63, 3.8) is 0 Å².